The Morgan fingerprint density at radius 1 is 1.67 bits per heavy atom. The first-order chi connectivity index (χ1) is 8.66. The highest BCUT2D eigenvalue weighted by Crippen LogP contribution is 2.14. The van der Waals surface area contributed by atoms with Crippen molar-refractivity contribution in [3.8, 4) is 0 Å². The van der Waals surface area contributed by atoms with Gasteiger partial charge in [-0.1, -0.05) is 0 Å². The van der Waals surface area contributed by atoms with Gasteiger partial charge in [0.2, 0.25) is 5.91 Å². The maximum atomic E-state index is 11.9. The van der Waals surface area contributed by atoms with Crippen LogP contribution in [0.25, 0.3) is 0 Å². The Morgan fingerprint density at radius 3 is 3.22 bits per heavy atom. The Bertz CT molecular complexity index is 477. The van der Waals surface area contributed by atoms with Gasteiger partial charge in [-0.15, -0.1) is 10.2 Å². The average Bonchev–Trinajstić information content (AvgIpc) is 2.37. The highest BCUT2D eigenvalue weighted by molar-refractivity contribution is 6.04. The van der Waals surface area contributed by atoms with Crippen molar-refractivity contribution in [3.05, 3.63) is 22.4 Å². The first-order valence-electron chi connectivity index (χ1n) is 5.83. The first-order valence-corrected chi connectivity index (χ1v) is 5.83. The molecule has 1 aliphatic heterocycles. The third-order valence-corrected chi connectivity index (χ3v) is 2.95. The average molecular weight is 247 g/mol. The number of hydrogen-bond donors (Lipinski definition) is 2. The molecule has 2 rings (SSSR count). The normalized spacial score (nSPS) is 20.6. The Balaban J connectivity index is 1.88. The van der Waals surface area contributed by atoms with Gasteiger partial charge in [0.05, 0.1) is 6.54 Å². The molecule has 1 aromatic rings. The molecule has 1 atom stereocenters. The first kappa shape index (κ1) is 12.8. The summed E-state index contributed by atoms with van der Waals surface area (Å²) in [4.78, 5) is 27.2. The number of carbonyl (C=O) groups excluding carboxylic acids is 1. The minimum absolute atomic E-state index is 0.0864. The molecule has 1 amide bonds. The lowest BCUT2D eigenvalue weighted by Gasteiger charge is -2.29. The van der Waals surface area contributed by atoms with Gasteiger partial charge in [-0.2, -0.15) is 0 Å². The molecule has 0 aliphatic carbocycles. The summed E-state index contributed by atoms with van der Waals surface area (Å²) in [6.07, 6.45) is 2.93. The molecule has 2 N–H and O–H groups in total. The number of nitrogens with zero attached hydrogens (tertiary/aromatic N) is 3. The summed E-state index contributed by atoms with van der Waals surface area (Å²) in [6.45, 7) is 1.44. The van der Waals surface area contributed by atoms with E-state index in [-0.39, 0.29) is 29.6 Å². The van der Waals surface area contributed by atoms with Crippen molar-refractivity contribution in [2.75, 3.05) is 13.1 Å². The fourth-order valence-corrected chi connectivity index (χ4v) is 1.97. The van der Waals surface area contributed by atoms with E-state index in [0.717, 1.165) is 19.4 Å². The largest absolute Gasteiger partial charge is 0.353 e. The molecule has 2 radical (unpaired) electrons. The number of aromatic amines is 1. The molecule has 7 nitrogen and oxygen atoms in total. The number of piperidine rings is 1. The summed E-state index contributed by atoms with van der Waals surface area (Å²) < 4.78 is 0. The molecule has 1 aliphatic rings. The second-order valence-electron chi connectivity index (χ2n) is 4.32. The van der Waals surface area contributed by atoms with E-state index in [9.17, 15) is 9.59 Å². The minimum atomic E-state index is -0.339. The number of carbonyl (C=O) groups is 1. The van der Waals surface area contributed by atoms with Crippen molar-refractivity contribution in [2.45, 2.75) is 19.4 Å². The van der Waals surface area contributed by atoms with E-state index < -0.39 is 0 Å². The molecular weight excluding hydrogens is 233 g/mol. The molecule has 0 bridgehead atoms. The Hall–Kier alpha value is -1.70. The van der Waals surface area contributed by atoms with Crippen molar-refractivity contribution < 1.29 is 4.79 Å². The van der Waals surface area contributed by atoms with Crippen LogP contribution >= 0.6 is 0 Å². The van der Waals surface area contributed by atoms with Gasteiger partial charge in [-0.25, -0.2) is 0 Å². The van der Waals surface area contributed by atoms with Crippen LogP contribution in [0.3, 0.4) is 0 Å². The summed E-state index contributed by atoms with van der Waals surface area (Å²) in [5.74, 6) is -0.227. The molecule has 8 heteroatoms. The Kier molecular flexibility index (Phi) is 4.09. The van der Waals surface area contributed by atoms with Gasteiger partial charge in [-0.3, -0.25) is 9.59 Å². The monoisotopic (exact) mass is 247 g/mol. The van der Waals surface area contributed by atoms with Crippen LogP contribution in [0.4, 0.5) is 0 Å². The maximum absolute atomic E-state index is 11.9. The van der Waals surface area contributed by atoms with Gasteiger partial charge >= 0.3 is 0 Å². The van der Waals surface area contributed by atoms with Crippen LogP contribution in [0, 0.1) is 5.92 Å². The van der Waals surface area contributed by atoms with Crippen LogP contribution in [0.2, 0.25) is 0 Å². The number of rotatable bonds is 3. The highest BCUT2D eigenvalue weighted by Gasteiger charge is 2.23. The zero-order chi connectivity index (χ0) is 13.0. The van der Waals surface area contributed by atoms with Gasteiger partial charge < -0.3 is 15.1 Å². The second-order valence-corrected chi connectivity index (χ2v) is 4.32. The van der Waals surface area contributed by atoms with Gasteiger partial charge in [0.15, 0.2) is 7.98 Å². The van der Waals surface area contributed by atoms with Crippen molar-refractivity contribution >= 4 is 13.9 Å². The van der Waals surface area contributed by atoms with Crippen LogP contribution < -0.4 is 10.9 Å². The van der Waals surface area contributed by atoms with E-state index in [4.69, 9.17) is 7.98 Å². The molecule has 0 aromatic carbocycles. The maximum Gasteiger partial charge on any atom is 0.274 e. The lowest BCUT2D eigenvalue weighted by atomic mass is 9.95. The van der Waals surface area contributed by atoms with E-state index in [0.29, 0.717) is 6.54 Å². The predicted molar refractivity (Wildman–Crippen MR) is 64.6 cm³/mol. The van der Waals surface area contributed by atoms with Crippen molar-refractivity contribution in [1.29, 1.82) is 0 Å². The van der Waals surface area contributed by atoms with Gasteiger partial charge in [0.1, 0.15) is 12.0 Å². The third kappa shape index (κ3) is 3.16. The Morgan fingerprint density at radius 2 is 2.50 bits per heavy atom. The summed E-state index contributed by atoms with van der Waals surface area (Å²) in [6, 6.07) is 0. The number of aromatic nitrogens is 3. The van der Waals surface area contributed by atoms with E-state index in [1.54, 1.807) is 4.81 Å². The molecule has 0 spiro atoms. The zero-order valence-electron chi connectivity index (χ0n) is 9.93. The number of hydrogen-bond acceptors (Lipinski definition) is 5. The highest BCUT2D eigenvalue weighted by atomic mass is 16.2. The predicted octanol–water partition coefficient (Wildman–Crippen LogP) is -1.42. The van der Waals surface area contributed by atoms with E-state index in [1.165, 1.54) is 6.33 Å². The van der Waals surface area contributed by atoms with E-state index in [2.05, 4.69) is 20.5 Å². The van der Waals surface area contributed by atoms with Crippen LogP contribution in [-0.2, 0) is 11.3 Å². The lowest BCUT2D eigenvalue weighted by molar-refractivity contribution is -0.126. The molecule has 1 saturated heterocycles. The van der Waals surface area contributed by atoms with E-state index >= 15 is 0 Å². The Labute approximate surface area is 105 Å². The number of H-pyrrole nitrogens is 1. The van der Waals surface area contributed by atoms with Crippen LogP contribution in [-0.4, -0.2) is 47.0 Å². The molecule has 2 heterocycles. The summed E-state index contributed by atoms with van der Waals surface area (Å²) >= 11 is 0. The topological polar surface area (TPSA) is 91.0 Å². The summed E-state index contributed by atoms with van der Waals surface area (Å²) in [7, 11) is 5.67. The second kappa shape index (κ2) is 5.77. The van der Waals surface area contributed by atoms with Gasteiger partial charge in [0, 0.05) is 5.92 Å². The number of amides is 1. The number of nitrogens with one attached hydrogen (secondary N) is 2. The molecule has 18 heavy (non-hydrogen) atoms. The smallest absolute Gasteiger partial charge is 0.274 e. The lowest BCUT2D eigenvalue weighted by Crippen LogP contribution is -2.42. The molecule has 94 valence electrons. The molecule has 1 aromatic heterocycles. The zero-order valence-corrected chi connectivity index (χ0v) is 9.93. The molecular formula is C10H14BN5O2. The van der Waals surface area contributed by atoms with Gasteiger partial charge in [-0.05, 0) is 25.9 Å². The summed E-state index contributed by atoms with van der Waals surface area (Å²) in [5, 5.41) is 9.92. The standard InChI is InChI=1S/C10H14BN5O2/c11-16-3-1-2-7(5-16)9(17)12-4-8-10(18)13-6-14-15-8/h6-7H,1-5H2,(H,12,17)(H,13,14,18). The van der Waals surface area contributed by atoms with E-state index in [1.807, 2.05) is 0 Å². The third-order valence-electron chi connectivity index (χ3n) is 2.95. The van der Waals surface area contributed by atoms with Crippen molar-refractivity contribution in [3.63, 3.8) is 0 Å². The quantitative estimate of drug-likeness (QED) is 0.639. The SMILES string of the molecule is [B]N1CCCC(C(=O)NCc2nnc[nH]c2=O)C1. The van der Waals surface area contributed by atoms with Crippen LogP contribution in [0.5, 0.6) is 0 Å². The summed E-state index contributed by atoms with van der Waals surface area (Å²) in [5.41, 5.74) is -0.138. The fourth-order valence-electron chi connectivity index (χ4n) is 1.97. The van der Waals surface area contributed by atoms with Crippen molar-refractivity contribution in [2.24, 2.45) is 5.92 Å². The van der Waals surface area contributed by atoms with Crippen LogP contribution in [0.15, 0.2) is 11.1 Å². The minimum Gasteiger partial charge on any atom is -0.353 e. The van der Waals surface area contributed by atoms with Gasteiger partial charge in [0.25, 0.3) is 5.56 Å². The van der Waals surface area contributed by atoms with Crippen molar-refractivity contribution in [1.82, 2.24) is 25.3 Å². The fraction of sp³-hybridized carbons (Fsp3) is 0.600. The molecule has 1 unspecified atom stereocenters. The molecule has 0 saturated carbocycles. The van der Waals surface area contributed by atoms with Crippen LogP contribution in [0.1, 0.15) is 18.5 Å². The molecule has 1 fully saturated rings.